The van der Waals surface area contributed by atoms with Crippen molar-refractivity contribution < 1.29 is 39.3 Å². The van der Waals surface area contributed by atoms with Crippen LogP contribution in [0.1, 0.15) is 76.8 Å². The number of rotatable bonds is 5. The van der Waals surface area contributed by atoms with E-state index in [0.29, 0.717) is 29.5 Å². The Kier molecular flexibility index (Phi) is 6.39. The highest BCUT2D eigenvalue weighted by Crippen LogP contribution is 2.69. The minimum absolute atomic E-state index is 0.187. The van der Waals surface area contributed by atoms with E-state index in [4.69, 9.17) is 29.0 Å². The zero-order valence-electron chi connectivity index (χ0n) is 23.8. The third-order valence-electron chi connectivity index (χ3n) is 10.2. The Hall–Kier alpha value is -1.37. The lowest BCUT2D eigenvalue weighted by atomic mass is 9.47. The van der Waals surface area contributed by atoms with Crippen LogP contribution in [0.2, 0.25) is 0 Å². The van der Waals surface area contributed by atoms with Crippen LogP contribution in [0.4, 0.5) is 0 Å². The second-order valence-electron chi connectivity index (χ2n) is 13.7. The van der Waals surface area contributed by atoms with Gasteiger partial charge in [0.1, 0.15) is 23.8 Å². The molecule has 220 valence electrons. The molecule has 2 saturated heterocycles. The first-order valence-corrected chi connectivity index (χ1v) is 15.6. The molecule has 6 fully saturated rings. The highest BCUT2D eigenvalue weighted by molar-refractivity contribution is 7.18. The fraction of sp³-hybridized carbons (Fsp3) is 0.767. The summed E-state index contributed by atoms with van der Waals surface area (Å²) in [5.74, 6) is 1.53. The van der Waals surface area contributed by atoms with Crippen molar-refractivity contribution >= 4 is 21.6 Å². The van der Waals surface area contributed by atoms with Crippen molar-refractivity contribution in [3.05, 3.63) is 22.7 Å². The third kappa shape index (κ3) is 3.73. The molecule has 2 aromatic rings. The van der Waals surface area contributed by atoms with Crippen LogP contribution in [-0.4, -0.2) is 63.7 Å². The Morgan fingerprint density at radius 2 is 1.65 bits per heavy atom. The summed E-state index contributed by atoms with van der Waals surface area (Å²) in [6, 6.07) is 3.96. The van der Waals surface area contributed by atoms with Gasteiger partial charge in [0, 0.05) is 18.1 Å². The van der Waals surface area contributed by atoms with Crippen LogP contribution in [-0.2, 0) is 30.5 Å². The van der Waals surface area contributed by atoms with Crippen LogP contribution in [0.25, 0.3) is 10.2 Å². The minimum Gasteiger partial charge on any atom is -0.460 e. The Morgan fingerprint density at radius 3 is 2.20 bits per heavy atom. The van der Waals surface area contributed by atoms with Crippen molar-refractivity contribution in [2.24, 2.45) is 23.7 Å². The summed E-state index contributed by atoms with van der Waals surface area (Å²) >= 11 is 1.59. The molecule has 1 spiro atoms. The number of aromatic nitrogens is 1. The van der Waals surface area contributed by atoms with Gasteiger partial charge in [-0.25, -0.2) is 9.87 Å². The van der Waals surface area contributed by atoms with Crippen molar-refractivity contribution in [1.82, 2.24) is 4.98 Å². The Morgan fingerprint density at radius 1 is 0.975 bits per heavy atom. The largest absolute Gasteiger partial charge is 0.460 e. The fourth-order valence-corrected chi connectivity index (χ4v) is 9.51. The summed E-state index contributed by atoms with van der Waals surface area (Å²) in [6.45, 7) is 8.21. The number of benzene rings is 1. The number of ether oxygens (including phenoxy) is 3. The van der Waals surface area contributed by atoms with E-state index in [2.05, 4.69) is 26.8 Å². The molecule has 10 heteroatoms. The average Bonchev–Trinajstić information content (AvgIpc) is 3.34. The Labute approximate surface area is 238 Å². The maximum Gasteiger partial charge on any atom is 0.260 e. The lowest BCUT2D eigenvalue weighted by Gasteiger charge is -2.68. The van der Waals surface area contributed by atoms with Gasteiger partial charge >= 0.3 is 0 Å². The van der Waals surface area contributed by atoms with E-state index < -0.39 is 42.1 Å². The van der Waals surface area contributed by atoms with Crippen LogP contribution >= 0.6 is 11.3 Å². The summed E-state index contributed by atoms with van der Waals surface area (Å²) in [7, 11) is 1.69. The molecule has 6 unspecified atom stereocenters. The van der Waals surface area contributed by atoms with Gasteiger partial charge in [0.2, 0.25) is 6.29 Å². The zero-order chi connectivity index (χ0) is 28.2. The molecule has 4 aliphatic carbocycles. The second kappa shape index (κ2) is 9.31. The molecule has 1 aromatic carbocycles. The predicted octanol–water partition coefficient (Wildman–Crippen LogP) is 4.15. The first-order chi connectivity index (χ1) is 19.0. The molecule has 9 nitrogen and oxygen atoms in total. The van der Waals surface area contributed by atoms with Crippen LogP contribution < -0.4 is 4.74 Å². The quantitative estimate of drug-likeness (QED) is 0.452. The van der Waals surface area contributed by atoms with Crippen molar-refractivity contribution in [3.63, 3.8) is 0 Å². The SMILES string of the molecule is CCC1OC(Oc2cc(C3(OC)OOC34C3CC5CC(C3)CC4C5)cc3sc(C(C)(C)C)nc23)C(O)C(O)C1O. The Bertz CT molecular complexity index is 1260. The number of aliphatic hydroxyl groups excluding tert-OH is 3. The van der Waals surface area contributed by atoms with Crippen LogP contribution in [0, 0.1) is 23.7 Å². The molecule has 40 heavy (non-hydrogen) atoms. The van der Waals surface area contributed by atoms with E-state index in [1.165, 1.54) is 6.42 Å². The summed E-state index contributed by atoms with van der Waals surface area (Å²) in [6.07, 6.45) is 0.397. The van der Waals surface area contributed by atoms with E-state index >= 15 is 0 Å². The molecule has 0 radical (unpaired) electrons. The van der Waals surface area contributed by atoms with Gasteiger partial charge in [-0.3, -0.25) is 0 Å². The molecular weight excluding hydrogens is 534 g/mol. The normalized spacial score (nSPS) is 44.4. The van der Waals surface area contributed by atoms with E-state index in [1.807, 2.05) is 13.0 Å². The average molecular weight is 576 g/mol. The lowest BCUT2D eigenvalue weighted by Crippen LogP contribution is -2.76. The first kappa shape index (κ1) is 27.5. The first-order valence-electron chi connectivity index (χ1n) is 14.7. The highest BCUT2D eigenvalue weighted by Gasteiger charge is 2.76. The molecule has 0 amide bonds. The van der Waals surface area contributed by atoms with Crippen LogP contribution in [0.5, 0.6) is 5.75 Å². The van der Waals surface area contributed by atoms with Gasteiger partial charge in [0.15, 0.2) is 11.4 Å². The smallest absolute Gasteiger partial charge is 0.260 e. The molecule has 3 N–H and O–H groups in total. The number of aliphatic hydroxyl groups is 3. The summed E-state index contributed by atoms with van der Waals surface area (Å²) < 4.78 is 19.5. The lowest BCUT2D eigenvalue weighted by molar-refractivity contribution is -0.645. The standard InChI is InChI=1S/C30H41NO8S/c1-6-19-23(32)24(33)25(34)26(36-19)37-20-12-18(13-21-22(20)31-27(40-21)28(2,3)4)30(35-5)29(38-39-30)16-8-14-7-15(10-16)11-17(29)9-14/h12-17,19,23-26,32-34H,6-11H2,1-5H3. The number of methoxy groups -OCH3 is 1. The Balaban J connectivity index is 1.33. The maximum absolute atomic E-state index is 10.8. The summed E-state index contributed by atoms with van der Waals surface area (Å²) in [4.78, 5) is 17.2. The van der Waals surface area contributed by atoms with Gasteiger partial charge in [-0.05, 0) is 74.3 Å². The maximum atomic E-state index is 10.8. The predicted molar refractivity (Wildman–Crippen MR) is 147 cm³/mol. The van der Waals surface area contributed by atoms with Gasteiger partial charge in [-0.1, -0.05) is 27.7 Å². The molecule has 4 saturated carbocycles. The molecule has 8 rings (SSSR count). The number of hydrogen-bond acceptors (Lipinski definition) is 10. The van der Waals surface area contributed by atoms with Crippen molar-refractivity contribution in [2.75, 3.05) is 7.11 Å². The third-order valence-corrected chi connectivity index (χ3v) is 11.7. The molecular formula is C30H41NO8S. The van der Waals surface area contributed by atoms with Crippen molar-refractivity contribution in [2.45, 2.75) is 114 Å². The van der Waals surface area contributed by atoms with E-state index in [0.717, 1.165) is 52.8 Å². The summed E-state index contributed by atoms with van der Waals surface area (Å²) in [5, 5.41) is 32.7. The van der Waals surface area contributed by atoms with Gasteiger partial charge < -0.3 is 29.5 Å². The number of hydrogen-bond donors (Lipinski definition) is 3. The number of nitrogens with zero attached hydrogens (tertiary/aromatic N) is 1. The molecule has 6 atom stereocenters. The molecule has 4 bridgehead atoms. The van der Waals surface area contributed by atoms with E-state index in [9.17, 15) is 15.3 Å². The van der Waals surface area contributed by atoms with Crippen LogP contribution in [0.15, 0.2) is 12.1 Å². The number of fused-ring (bicyclic) bond motifs is 1. The van der Waals surface area contributed by atoms with Gasteiger partial charge in [0.25, 0.3) is 5.79 Å². The van der Waals surface area contributed by atoms with Gasteiger partial charge in [-0.2, -0.15) is 4.89 Å². The van der Waals surface area contributed by atoms with E-state index in [-0.39, 0.29) is 5.41 Å². The minimum atomic E-state index is -1.44. The van der Waals surface area contributed by atoms with Crippen LogP contribution in [0.3, 0.4) is 0 Å². The molecule has 1 aromatic heterocycles. The fourth-order valence-electron chi connectivity index (χ4n) is 8.43. The summed E-state index contributed by atoms with van der Waals surface area (Å²) in [5.41, 5.74) is 0.686. The highest BCUT2D eigenvalue weighted by atomic mass is 32.1. The van der Waals surface area contributed by atoms with Crippen molar-refractivity contribution in [1.29, 1.82) is 0 Å². The van der Waals surface area contributed by atoms with Gasteiger partial charge in [0.05, 0.1) is 15.8 Å². The second-order valence-corrected chi connectivity index (χ2v) is 14.7. The topological polar surface area (TPSA) is 120 Å². The molecule has 3 heterocycles. The van der Waals surface area contributed by atoms with Gasteiger partial charge in [-0.15, -0.1) is 11.3 Å². The monoisotopic (exact) mass is 575 g/mol. The number of thiazole rings is 1. The van der Waals surface area contributed by atoms with E-state index in [1.54, 1.807) is 18.4 Å². The zero-order valence-corrected chi connectivity index (χ0v) is 24.6. The molecule has 6 aliphatic rings. The molecule has 2 aliphatic heterocycles. The van der Waals surface area contributed by atoms with Crippen molar-refractivity contribution in [3.8, 4) is 5.75 Å².